The Morgan fingerprint density at radius 1 is 0.604 bits per heavy atom. The SMILES string of the molecule is CC(C)(C)c1cc(-c2cc(-c3ccccc3)ccn2)[c-]c(-c2cccc3c2nc2c4c(O)c(C(C)(C)C)cc(C(C)(C)C)c4nc(C(C)(C)C)n32)c1.[Pt]. The van der Waals surface area contributed by atoms with Crippen LogP contribution in [0.3, 0.4) is 0 Å². The molecule has 0 bridgehead atoms. The summed E-state index contributed by atoms with van der Waals surface area (Å²) in [4.78, 5) is 15.7. The standard InChI is InChI=1S/C47H51N4O.Pt/c1-44(2,3)32-24-30(23-31(25-32)36-26-29(21-22-48-36)28-17-14-13-15-18-28)33-19-16-20-37-39(33)49-42-38-40(50-43(51(37)42)47(10,11)12)34(45(4,5)6)27-35(41(38)52)46(7,8)9;/h13-22,24-27,52H,1-12H3;/q-1;. The maximum Gasteiger partial charge on any atom is 0.151 e. The first-order valence-corrected chi connectivity index (χ1v) is 18.4. The molecule has 0 fully saturated rings. The van der Waals surface area contributed by atoms with Gasteiger partial charge in [-0.05, 0) is 51.1 Å². The predicted octanol–water partition coefficient (Wildman–Crippen LogP) is 12.1. The first-order chi connectivity index (χ1) is 24.2. The van der Waals surface area contributed by atoms with Gasteiger partial charge in [-0.2, -0.15) is 0 Å². The third-order valence-electron chi connectivity index (χ3n) is 10.1. The second-order valence-electron chi connectivity index (χ2n) is 18.4. The quantitative estimate of drug-likeness (QED) is 0.180. The maximum absolute atomic E-state index is 12.2. The van der Waals surface area contributed by atoms with Gasteiger partial charge in [0.1, 0.15) is 11.6 Å². The number of pyridine rings is 1. The molecule has 0 spiro atoms. The number of imidazole rings is 1. The van der Waals surface area contributed by atoms with Crippen molar-refractivity contribution < 1.29 is 26.2 Å². The number of fused-ring (bicyclic) bond motifs is 5. The fourth-order valence-electron chi connectivity index (χ4n) is 7.17. The molecule has 53 heavy (non-hydrogen) atoms. The average molecular weight is 883 g/mol. The molecule has 6 heteroatoms. The van der Waals surface area contributed by atoms with Gasteiger partial charge in [0.05, 0.1) is 21.9 Å². The van der Waals surface area contributed by atoms with E-state index in [1.807, 2.05) is 12.3 Å². The Labute approximate surface area is 329 Å². The minimum absolute atomic E-state index is 0. The molecule has 0 saturated heterocycles. The van der Waals surface area contributed by atoms with Crippen molar-refractivity contribution in [3.8, 4) is 39.3 Å². The Morgan fingerprint density at radius 3 is 1.89 bits per heavy atom. The monoisotopic (exact) mass is 882 g/mol. The molecule has 0 aliphatic heterocycles. The molecule has 7 rings (SSSR count). The molecule has 4 aromatic carbocycles. The van der Waals surface area contributed by atoms with Gasteiger partial charge >= 0.3 is 0 Å². The number of hydrogen-bond donors (Lipinski definition) is 1. The fraction of sp³-hybridized carbons (Fsp3) is 0.340. The van der Waals surface area contributed by atoms with Crippen molar-refractivity contribution in [2.75, 3.05) is 0 Å². The van der Waals surface area contributed by atoms with Crippen molar-refractivity contribution in [2.45, 2.75) is 105 Å². The number of nitrogens with zero attached hydrogens (tertiary/aromatic N) is 4. The van der Waals surface area contributed by atoms with Crippen molar-refractivity contribution in [2.24, 2.45) is 0 Å². The molecule has 0 saturated carbocycles. The van der Waals surface area contributed by atoms with Gasteiger partial charge in [0, 0.05) is 43.9 Å². The maximum atomic E-state index is 12.2. The summed E-state index contributed by atoms with van der Waals surface area (Å²) in [5.41, 5.74) is 11.6. The fourth-order valence-corrected chi connectivity index (χ4v) is 7.17. The van der Waals surface area contributed by atoms with Crippen LogP contribution in [-0.4, -0.2) is 24.5 Å². The van der Waals surface area contributed by atoms with Crippen LogP contribution >= 0.6 is 0 Å². The summed E-state index contributed by atoms with van der Waals surface area (Å²) in [6.07, 6.45) is 1.88. The van der Waals surface area contributed by atoms with E-state index in [-0.39, 0.29) is 48.5 Å². The van der Waals surface area contributed by atoms with E-state index in [2.05, 4.69) is 166 Å². The molecule has 1 N–H and O–H groups in total. The van der Waals surface area contributed by atoms with Crippen molar-refractivity contribution in [1.29, 1.82) is 0 Å². The van der Waals surface area contributed by atoms with Crippen LogP contribution in [0.15, 0.2) is 85.1 Å². The van der Waals surface area contributed by atoms with Gasteiger partial charge in [-0.1, -0.05) is 143 Å². The van der Waals surface area contributed by atoms with Gasteiger partial charge < -0.3 is 5.11 Å². The molecule has 0 radical (unpaired) electrons. The number of rotatable bonds is 3. The first kappa shape index (κ1) is 38.4. The van der Waals surface area contributed by atoms with E-state index in [0.717, 1.165) is 72.7 Å². The number of phenols is 1. The molecule has 7 aromatic rings. The van der Waals surface area contributed by atoms with Crippen LogP contribution in [-0.2, 0) is 42.7 Å². The van der Waals surface area contributed by atoms with Gasteiger partial charge in [0.2, 0.25) is 0 Å². The number of para-hydroxylation sites is 1. The van der Waals surface area contributed by atoms with Crippen molar-refractivity contribution >= 4 is 27.6 Å². The zero-order valence-electron chi connectivity index (χ0n) is 33.1. The molecule has 3 heterocycles. The van der Waals surface area contributed by atoms with E-state index < -0.39 is 0 Å². The minimum atomic E-state index is -0.315. The number of hydrogen-bond acceptors (Lipinski definition) is 4. The van der Waals surface area contributed by atoms with Gasteiger partial charge in [0.15, 0.2) is 5.65 Å². The van der Waals surface area contributed by atoms with E-state index in [0.29, 0.717) is 5.39 Å². The van der Waals surface area contributed by atoms with E-state index in [4.69, 9.17) is 15.0 Å². The van der Waals surface area contributed by atoms with Crippen LogP contribution in [0.5, 0.6) is 5.75 Å². The molecular formula is C47H51N4OPt-. The van der Waals surface area contributed by atoms with Crippen molar-refractivity contribution in [1.82, 2.24) is 19.4 Å². The molecular weight excluding hydrogens is 832 g/mol. The van der Waals surface area contributed by atoms with E-state index >= 15 is 0 Å². The number of aromatic nitrogens is 4. The average Bonchev–Trinajstić information content (AvgIpc) is 3.46. The van der Waals surface area contributed by atoms with Crippen LogP contribution < -0.4 is 0 Å². The summed E-state index contributed by atoms with van der Waals surface area (Å²) in [5.74, 6) is 1.15. The smallest absolute Gasteiger partial charge is 0.151 e. The molecule has 0 aliphatic carbocycles. The van der Waals surface area contributed by atoms with Crippen LogP contribution in [0.25, 0.3) is 61.1 Å². The molecule has 0 amide bonds. The Kier molecular flexibility index (Phi) is 9.56. The second-order valence-corrected chi connectivity index (χ2v) is 18.4. The van der Waals surface area contributed by atoms with Gasteiger partial charge in [-0.25, -0.2) is 9.97 Å². The van der Waals surface area contributed by atoms with Crippen molar-refractivity contribution in [3.05, 3.63) is 114 Å². The molecule has 3 aromatic heterocycles. The zero-order valence-corrected chi connectivity index (χ0v) is 35.4. The summed E-state index contributed by atoms with van der Waals surface area (Å²) in [6.45, 7) is 26.4. The van der Waals surface area contributed by atoms with Crippen LogP contribution in [0, 0.1) is 6.07 Å². The Balaban J connectivity index is 0.00000481. The van der Waals surface area contributed by atoms with E-state index in [1.54, 1.807) is 0 Å². The summed E-state index contributed by atoms with van der Waals surface area (Å²) in [7, 11) is 0. The first-order valence-electron chi connectivity index (χ1n) is 18.4. The number of aromatic hydroxyl groups is 1. The number of phenolic OH excluding ortho intramolecular Hbond substituents is 1. The van der Waals surface area contributed by atoms with E-state index in [9.17, 15) is 5.11 Å². The third-order valence-corrected chi connectivity index (χ3v) is 10.1. The predicted molar refractivity (Wildman–Crippen MR) is 217 cm³/mol. The Bertz CT molecular complexity index is 2500. The van der Waals surface area contributed by atoms with Crippen molar-refractivity contribution in [3.63, 3.8) is 0 Å². The Morgan fingerprint density at radius 2 is 1.26 bits per heavy atom. The second kappa shape index (κ2) is 13.2. The van der Waals surface area contributed by atoms with Gasteiger partial charge in [0.25, 0.3) is 0 Å². The molecule has 0 unspecified atom stereocenters. The largest absolute Gasteiger partial charge is 0.507 e. The number of benzene rings is 4. The summed E-state index contributed by atoms with van der Waals surface area (Å²) < 4.78 is 2.18. The molecule has 0 aliphatic rings. The minimum Gasteiger partial charge on any atom is -0.507 e. The molecule has 5 nitrogen and oxygen atoms in total. The van der Waals surface area contributed by atoms with Crippen LogP contribution in [0.2, 0.25) is 0 Å². The third kappa shape index (κ3) is 6.94. The molecule has 276 valence electrons. The molecule has 0 atom stereocenters. The normalized spacial score (nSPS) is 12.8. The van der Waals surface area contributed by atoms with Gasteiger partial charge in [-0.15, -0.1) is 29.3 Å². The zero-order chi connectivity index (χ0) is 37.5. The van der Waals surface area contributed by atoms with Crippen LogP contribution in [0.4, 0.5) is 0 Å². The van der Waals surface area contributed by atoms with Gasteiger partial charge in [-0.3, -0.25) is 9.38 Å². The van der Waals surface area contributed by atoms with Crippen LogP contribution in [0.1, 0.15) is 106 Å². The summed E-state index contributed by atoms with van der Waals surface area (Å²) in [5, 5.41) is 12.9. The Hall–Kier alpha value is -4.34. The summed E-state index contributed by atoms with van der Waals surface area (Å²) >= 11 is 0. The topological polar surface area (TPSA) is 63.3 Å². The van der Waals surface area contributed by atoms with E-state index in [1.165, 1.54) is 5.56 Å². The summed E-state index contributed by atoms with van der Waals surface area (Å²) in [6, 6.07) is 31.4.